The normalized spacial score (nSPS) is 23.1. The fourth-order valence-electron chi connectivity index (χ4n) is 5.83. The van der Waals surface area contributed by atoms with Crippen LogP contribution in [0.5, 0.6) is 0 Å². The van der Waals surface area contributed by atoms with Crippen LogP contribution in [0.25, 0.3) is 10.9 Å². The average molecular weight is 572 g/mol. The molecule has 2 aromatic rings. The second kappa shape index (κ2) is 11.1. The van der Waals surface area contributed by atoms with Crippen LogP contribution >= 0.6 is 0 Å². The van der Waals surface area contributed by atoms with Crippen LogP contribution in [-0.2, 0) is 24.4 Å². The maximum absolute atomic E-state index is 14.1. The lowest BCUT2D eigenvalue weighted by atomic mass is 9.84. The molecule has 0 unspecified atom stereocenters. The van der Waals surface area contributed by atoms with Gasteiger partial charge in [0.05, 0.1) is 29.4 Å². The highest BCUT2D eigenvalue weighted by Gasteiger charge is 2.56. The number of rotatable bonds is 7. The van der Waals surface area contributed by atoms with Gasteiger partial charge in [-0.2, -0.15) is 4.31 Å². The Morgan fingerprint density at radius 2 is 1.85 bits per heavy atom. The molecule has 1 aromatic carbocycles. The summed E-state index contributed by atoms with van der Waals surface area (Å²) in [5.41, 5.74) is 1.46. The first-order valence-electron chi connectivity index (χ1n) is 13.9. The molecule has 0 bridgehead atoms. The number of aryl methyl sites for hydroxylation is 1. The Balaban J connectivity index is 1.68. The van der Waals surface area contributed by atoms with Crippen LogP contribution in [0.4, 0.5) is 5.69 Å². The molecule has 2 N–H and O–H groups in total. The molecule has 11 heteroatoms. The van der Waals surface area contributed by atoms with Crippen LogP contribution < -0.4 is 10.6 Å². The molecule has 2 saturated heterocycles. The number of carbonyl (C=O) groups is 3. The largest absolute Gasteiger partial charge is 0.344 e. The van der Waals surface area contributed by atoms with Crippen LogP contribution in [0.3, 0.4) is 0 Å². The Kier molecular flexibility index (Phi) is 8.29. The van der Waals surface area contributed by atoms with Gasteiger partial charge in [0.1, 0.15) is 6.04 Å². The van der Waals surface area contributed by atoms with Gasteiger partial charge in [0, 0.05) is 36.1 Å². The Hall–Kier alpha value is -3.05. The number of nitrogens with zero attached hydrogens (tertiary/aromatic N) is 3. The Morgan fingerprint density at radius 1 is 1.18 bits per heavy atom. The van der Waals surface area contributed by atoms with Gasteiger partial charge in [-0.3, -0.25) is 19.4 Å². The highest BCUT2D eigenvalue weighted by Crippen LogP contribution is 2.39. The summed E-state index contributed by atoms with van der Waals surface area (Å²) >= 11 is 0. The standard InChI is InChI=1S/C29H41N5O5S/c1-8-17(2)26(35)32-25(29(4,5)6)28(37)33-14-13-23-24(33)20(16-34(23)40(7,38)39)27(36)31-22-15-18(3)30-21-12-10-9-11-19(21)22/h9-12,15,17,20,23-25H,8,13-14,16H2,1-7H3,(H,32,35)(H,30,31,36)/t17-,20+,23-,24-,25-/m1/s1. The molecule has 3 heterocycles. The summed E-state index contributed by atoms with van der Waals surface area (Å²) in [5, 5.41) is 6.74. The summed E-state index contributed by atoms with van der Waals surface area (Å²) in [6.07, 6.45) is 2.19. The van der Waals surface area contributed by atoms with E-state index in [1.165, 1.54) is 4.31 Å². The van der Waals surface area contributed by atoms with E-state index >= 15 is 0 Å². The molecule has 0 spiro atoms. The van der Waals surface area contributed by atoms with E-state index in [1.54, 1.807) is 11.0 Å². The predicted molar refractivity (Wildman–Crippen MR) is 155 cm³/mol. The van der Waals surface area contributed by atoms with Gasteiger partial charge in [-0.25, -0.2) is 8.42 Å². The molecular formula is C29H41N5O5S. The van der Waals surface area contributed by atoms with Crippen LogP contribution in [0.1, 0.15) is 53.2 Å². The van der Waals surface area contributed by atoms with Gasteiger partial charge >= 0.3 is 0 Å². The number of nitrogens with one attached hydrogen (secondary N) is 2. The predicted octanol–water partition coefficient (Wildman–Crippen LogP) is 2.92. The van der Waals surface area contributed by atoms with E-state index in [0.29, 0.717) is 25.1 Å². The first-order valence-corrected chi connectivity index (χ1v) is 15.7. The first-order chi connectivity index (χ1) is 18.6. The van der Waals surface area contributed by atoms with Gasteiger partial charge in [-0.15, -0.1) is 0 Å². The summed E-state index contributed by atoms with van der Waals surface area (Å²) in [4.78, 5) is 46.9. The van der Waals surface area contributed by atoms with E-state index in [2.05, 4.69) is 15.6 Å². The maximum Gasteiger partial charge on any atom is 0.246 e. The molecule has 0 radical (unpaired) electrons. The van der Waals surface area contributed by atoms with E-state index in [0.717, 1.165) is 22.9 Å². The molecule has 2 aliphatic heterocycles. The minimum atomic E-state index is -3.63. The molecule has 218 valence electrons. The number of anilines is 1. The molecular weight excluding hydrogens is 530 g/mol. The number of pyridine rings is 1. The molecule has 0 aliphatic carbocycles. The van der Waals surface area contributed by atoms with Crippen molar-refractivity contribution in [3.63, 3.8) is 0 Å². The van der Waals surface area contributed by atoms with Crippen LogP contribution in [0.15, 0.2) is 30.3 Å². The van der Waals surface area contributed by atoms with Gasteiger partial charge in [-0.05, 0) is 37.3 Å². The van der Waals surface area contributed by atoms with Crippen molar-refractivity contribution >= 4 is 44.3 Å². The van der Waals surface area contributed by atoms with Crippen molar-refractivity contribution in [3.05, 3.63) is 36.0 Å². The molecule has 40 heavy (non-hydrogen) atoms. The van der Waals surface area contributed by atoms with Gasteiger partial charge < -0.3 is 15.5 Å². The van der Waals surface area contributed by atoms with Crippen molar-refractivity contribution in [3.8, 4) is 0 Å². The van der Waals surface area contributed by atoms with Crippen molar-refractivity contribution in [2.75, 3.05) is 24.7 Å². The number of hydrogen-bond acceptors (Lipinski definition) is 6. The van der Waals surface area contributed by atoms with Crippen LogP contribution in [0.2, 0.25) is 0 Å². The molecule has 0 saturated carbocycles. The lowest BCUT2D eigenvalue weighted by molar-refractivity contribution is -0.142. The van der Waals surface area contributed by atoms with E-state index in [-0.39, 0.29) is 30.2 Å². The number of sulfonamides is 1. The molecule has 2 aliphatic rings. The minimum absolute atomic E-state index is 0.0226. The monoisotopic (exact) mass is 571 g/mol. The summed E-state index contributed by atoms with van der Waals surface area (Å²) in [6.45, 7) is 11.5. The van der Waals surface area contributed by atoms with E-state index in [9.17, 15) is 22.8 Å². The van der Waals surface area contributed by atoms with Gasteiger partial charge in [0.15, 0.2) is 0 Å². The zero-order valence-electron chi connectivity index (χ0n) is 24.4. The molecule has 4 rings (SSSR count). The number of benzene rings is 1. The molecule has 5 atom stereocenters. The van der Waals surface area contributed by atoms with Gasteiger partial charge in [0.25, 0.3) is 0 Å². The summed E-state index contributed by atoms with van der Waals surface area (Å²) in [5.74, 6) is -1.90. The number of para-hydroxylation sites is 1. The Morgan fingerprint density at radius 3 is 2.48 bits per heavy atom. The average Bonchev–Trinajstić information content (AvgIpc) is 3.46. The minimum Gasteiger partial charge on any atom is -0.344 e. The third-order valence-electron chi connectivity index (χ3n) is 8.19. The fourth-order valence-corrected chi connectivity index (χ4v) is 6.99. The summed E-state index contributed by atoms with van der Waals surface area (Å²) in [7, 11) is -3.63. The number of likely N-dealkylation sites (tertiary alicyclic amines) is 1. The number of amides is 3. The van der Waals surface area contributed by atoms with Crippen molar-refractivity contribution in [1.82, 2.24) is 19.5 Å². The lowest BCUT2D eigenvalue weighted by Gasteiger charge is -2.37. The van der Waals surface area contributed by atoms with Gasteiger partial charge in [0.2, 0.25) is 27.7 Å². The van der Waals surface area contributed by atoms with Crippen LogP contribution in [-0.4, -0.2) is 77.8 Å². The Bertz CT molecular complexity index is 1420. The number of aromatic nitrogens is 1. The highest BCUT2D eigenvalue weighted by atomic mass is 32.2. The van der Waals surface area contributed by atoms with Gasteiger partial charge in [-0.1, -0.05) is 52.8 Å². The molecule has 2 fully saturated rings. The maximum atomic E-state index is 14.1. The van der Waals surface area contributed by atoms with E-state index in [4.69, 9.17) is 0 Å². The number of fused-ring (bicyclic) bond motifs is 2. The second-order valence-electron chi connectivity index (χ2n) is 12.3. The zero-order chi connectivity index (χ0) is 29.6. The lowest BCUT2D eigenvalue weighted by Crippen LogP contribution is -2.58. The topological polar surface area (TPSA) is 129 Å². The molecule has 3 amide bonds. The van der Waals surface area contributed by atoms with Crippen molar-refractivity contribution in [1.29, 1.82) is 0 Å². The first kappa shape index (κ1) is 29.9. The van der Waals surface area contributed by atoms with E-state index in [1.807, 2.05) is 65.8 Å². The summed E-state index contributed by atoms with van der Waals surface area (Å²) in [6, 6.07) is 7.28. The molecule has 10 nitrogen and oxygen atoms in total. The SMILES string of the molecule is CC[C@@H](C)C(=O)N[C@H](C(=O)N1CC[C@@H]2[C@H]1[C@@H](C(=O)Nc1cc(C)nc3ccccc13)CN2S(C)(=O)=O)C(C)(C)C. The quantitative estimate of drug-likeness (QED) is 0.526. The third-order valence-corrected chi connectivity index (χ3v) is 9.46. The highest BCUT2D eigenvalue weighted by molar-refractivity contribution is 7.88. The van der Waals surface area contributed by atoms with Crippen molar-refractivity contribution < 1.29 is 22.8 Å². The van der Waals surface area contributed by atoms with Crippen molar-refractivity contribution in [2.45, 2.75) is 72.5 Å². The van der Waals surface area contributed by atoms with Crippen molar-refractivity contribution in [2.24, 2.45) is 17.3 Å². The van der Waals surface area contributed by atoms with Crippen LogP contribution in [0, 0.1) is 24.2 Å². The third kappa shape index (κ3) is 5.85. The number of carbonyl (C=O) groups excluding carboxylic acids is 3. The Labute approximate surface area is 236 Å². The molecule has 1 aromatic heterocycles. The van der Waals surface area contributed by atoms with E-state index < -0.39 is 39.5 Å². The fraction of sp³-hybridized carbons (Fsp3) is 0.586. The summed E-state index contributed by atoms with van der Waals surface area (Å²) < 4.78 is 26.9. The zero-order valence-corrected chi connectivity index (χ0v) is 25.2. The smallest absolute Gasteiger partial charge is 0.246 e. The second-order valence-corrected chi connectivity index (χ2v) is 14.2. The number of hydrogen-bond donors (Lipinski definition) is 2.